The van der Waals surface area contributed by atoms with Gasteiger partial charge in [0.2, 0.25) is 10.0 Å². The summed E-state index contributed by atoms with van der Waals surface area (Å²) in [6.07, 6.45) is 2.21. The predicted octanol–water partition coefficient (Wildman–Crippen LogP) is 3.15. The fourth-order valence-corrected chi connectivity index (χ4v) is 5.22. The van der Waals surface area contributed by atoms with E-state index in [0.29, 0.717) is 13.1 Å². The summed E-state index contributed by atoms with van der Waals surface area (Å²) in [6, 6.07) is 10.9. The number of nitrogens with zero attached hydrogens (tertiary/aromatic N) is 3. The summed E-state index contributed by atoms with van der Waals surface area (Å²) < 4.78 is 28.0. The molecule has 2 heterocycles. The van der Waals surface area contributed by atoms with Crippen LogP contribution in [0.15, 0.2) is 47.5 Å². The lowest BCUT2D eigenvalue weighted by atomic mass is 10.1. The summed E-state index contributed by atoms with van der Waals surface area (Å²) in [5.74, 6) is 0. The first-order chi connectivity index (χ1) is 11.4. The van der Waals surface area contributed by atoms with Crippen molar-refractivity contribution >= 4 is 27.3 Å². The third-order valence-electron chi connectivity index (χ3n) is 4.40. The summed E-state index contributed by atoms with van der Waals surface area (Å²) in [4.78, 5) is 6.10. The molecule has 0 spiro atoms. The lowest BCUT2D eigenvalue weighted by Crippen LogP contribution is -2.43. The van der Waals surface area contributed by atoms with E-state index in [1.54, 1.807) is 10.4 Å². The van der Waals surface area contributed by atoms with Gasteiger partial charge in [0.1, 0.15) is 10.0 Å². The molecule has 0 unspecified atom stereocenters. The summed E-state index contributed by atoms with van der Waals surface area (Å²) in [7, 11) is -1.74. The topological polar surface area (TPSA) is 53.5 Å². The van der Waals surface area contributed by atoms with E-state index in [9.17, 15) is 8.42 Å². The van der Waals surface area contributed by atoms with Crippen LogP contribution in [0.5, 0.6) is 0 Å². The molecule has 0 fully saturated rings. The number of hydrogen-bond acceptors (Lipinski definition) is 4. The van der Waals surface area contributed by atoms with E-state index < -0.39 is 10.0 Å². The minimum atomic E-state index is -3.73. The Morgan fingerprint density at radius 2 is 2.00 bits per heavy atom. The highest BCUT2D eigenvalue weighted by Crippen LogP contribution is 2.32. The van der Waals surface area contributed by atoms with Crippen molar-refractivity contribution in [3.05, 3.63) is 53.3 Å². The Morgan fingerprint density at radius 3 is 2.71 bits per heavy atom. The lowest BCUT2D eigenvalue weighted by Gasteiger charge is -2.29. The molecule has 24 heavy (non-hydrogen) atoms. The fourth-order valence-electron chi connectivity index (χ4n) is 3.12. The van der Waals surface area contributed by atoms with Crippen LogP contribution in [0.2, 0.25) is 5.15 Å². The number of hydrogen-bond donors (Lipinski definition) is 0. The molecular weight excluding hydrogens is 346 g/mol. The Kier molecular flexibility index (Phi) is 4.80. The highest BCUT2D eigenvalue weighted by atomic mass is 35.5. The Labute approximate surface area is 147 Å². The zero-order chi connectivity index (χ0) is 17.3. The lowest BCUT2D eigenvalue weighted by molar-refractivity contribution is 0.315. The fraction of sp³-hybridized carbons (Fsp3) is 0.353. The largest absolute Gasteiger partial charge is 0.373 e. The molecule has 3 rings (SSSR count). The third kappa shape index (κ3) is 3.01. The first kappa shape index (κ1) is 17.2. The number of benzene rings is 1. The molecule has 0 amide bonds. The van der Waals surface area contributed by atoms with E-state index in [2.05, 4.69) is 9.88 Å². The predicted molar refractivity (Wildman–Crippen MR) is 95.8 cm³/mol. The van der Waals surface area contributed by atoms with Gasteiger partial charge in [-0.1, -0.05) is 36.7 Å². The molecule has 1 atom stereocenters. The molecule has 0 bridgehead atoms. The van der Waals surface area contributed by atoms with Crippen molar-refractivity contribution in [3.63, 3.8) is 0 Å². The highest BCUT2D eigenvalue weighted by molar-refractivity contribution is 7.89. The Balaban J connectivity index is 2.10. The first-order valence-electron chi connectivity index (χ1n) is 7.86. The van der Waals surface area contributed by atoms with E-state index in [1.807, 2.05) is 38.2 Å². The standard InChI is InChI=1S/C17H20ClN3O2S/c1-3-14-12-20(2)15-8-5-4-7-13(15)11-21(14)24(22,23)16-9-6-10-19-17(16)18/h4-10,14H,3,11-12H2,1-2H3/t14-/m1/s1. The molecule has 0 aliphatic carbocycles. The normalized spacial score (nSPS) is 19.0. The number of para-hydroxylation sites is 1. The van der Waals surface area contributed by atoms with Crippen LogP contribution >= 0.6 is 11.6 Å². The Hall–Kier alpha value is -1.63. The van der Waals surface area contributed by atoms with Gasteiger partial charge in [0, 0.05) is 38.1 Å². The number of fused-ring (bicyclic) bond motifs is 1. The molecule has 2 aromatic rings. The van der Waals surface area contributed by atoms with Gasteiger partial charge in [-0.3, -0.25) is 0 Å². The summed E-state index contributed by atoms with van der Waals surface area (Å²) in [5.41, 5.74) is 2.05. The molecule has 0 saturated carbocycles. The average molecular weight is 366 g/mol. The van der Waals surface area contributed by atoms with E-state index >= 15 is 0 Å². The molecule has 0 saturated heterocycles. The maximum atomic E-state index is 13.2. The van der Waals surface area contributed by atoms with E-state index in [0.717, 1.165) is 17.7 Å². The monoisotopic (exact) mass is 365 g/mol. The van der Waals surface area contributed by atoms with E-state index in [1.165, 1.54) is 12.3 Å². The maximum absolute atomic E-state index is 13.2. The van der Waals surface area contributed by atoms with Gasteiger partial charge < -0.3 is 4.90 Å². The van der Waals surface area contributed by atoms with Gasteiger partial charge in [-0.15, -0.1) is 0 Å². The van der Waals surface area contributed by atoms with Crippen molar-refractivity contribution in [1.82, 2.24) is 9.29 Å². The molecule has 1 aromatic heterocycles. The van der Waals surface area contributed by atoms with Gasteiger partial charge >= 0.3 is 0 Å². The maximum Gasteiger partial charge on any atom is 0.246 e. The molecule has 128 valence electrons. The SMILES string of the molecule is CC[C@@H]1CN(C)c2ccccc2CN1S(=O)(=O)c1cccnc1Cl. The Bertz CT molecular complexity index is 841. The van der Waals surface area contributed by atoms with Crippen molar-refractivity contribution < 1.29 is 8.42 Å². The van der Waals surface area contributed by atoms with Crippen LogP contribution < -0.4 is 4.90 Å². The van der Waals surface area contributed by atoms with Crippen molar-refractivity contribution in [2.45, 2.75) is 30.8 Å². The molecule has 0 radical (unpaired) electrons. The van der Waals surface area contributed by atoms with Crippen molar-refractivity contribution in [3.8, 4) is 0 Å². The van der Waals surface area contributed by atoms with Gasteiger partial charge in [0.15, 0.2) is 0 Å². The number of aromatic nitrogens is 1. The molecule has 1 aliphatic rings. The van der Waals surface area contributed by atoms with Crippen LogP contribution in [0.4, 0.5) is 5.69 Å². The van der Waals surface area contributed by atoms with Gasteiger partial charge in [-0.05, 0) is 30.2 Å². The highest BCUT2D eigenvalue weighted by Gasteiger charge is 2.35. The van der Waals surface area contributed by atoms with Crippen molar-refractivity contribution in [2.75, 3.05) is 18.5 Å². The molecular formula is C17H20ClN3O2S. The van der Waals surface area contributed by atoms with Gasteiger partial charge in [0.05, 0.1) is 0 Å². The number of rotatable bonds is 3. The number of sulfonamides is 1. The summed E-state index contributed by atoms with van der Waals surface area (Å²) in [6.45, 7) is 2.96. The van der Waals surface area contributed by atoms with Crippen LogP contribution in [0, 0.1) is 0 Å². The molecule has 1 aromatic carbocycles. The van der Waals surface area contributed by atoms with Crippen LogP contribution in [0.3, 0.4) is 0 Å². The molecule has 5 nitrogen and oxygen atoms in total. The van der Waals surface area contributed by atoms with E-state index in [-0.39, 0.29) is 16.1 Å². The van der Waals surface area contributed by atoms with Gasteiger partial charge in [-0.25, -0.2) is 13.4 Å². The minimum Gasteiger partial charge on any atom is -0.373 e. The molecule has 1 aliphatic heterocycles. The number of pyridine rings is 1. The zero-order valence-electron chi connectivity index (χ0n) is 13.7. The second-order valence-electron chi connectivity index (χ2n) is 5.91. The van der Waals surface area contributed by atoms with E-state index in [4.69, 9.17) is 11.6 Å². The average Bonchev–Trinajstić information content (AvgIpc) is 2.72. The second kappa shape index (κ2) is 6.70. The van der Waals surface area contributed by atoms with Crippen molar-refractivity contribution in [1.29, 1.82) is 0 Å². The van der Waals surface area contributed by atoms with Crippen LogP contribution in [0.25, 0.3) is 0 Å². The Morgan fingerprint density at radius 1 is 1.25 bits per heavy atom. The quantitative estimate of drug-likeness (QED) is 0.784. The van der Waals surface area contributed by atoms with Gasteiger partial charge in [0.25, 0.3) is 0 Å². The number of anilines is 1. The van der Waals surface area contributed by atoms with Gasteiger partial charge in [-0.2, -0.15) is 4.31 Å². The molecule has 7 heteroatoms. The zero-order valence-corrected chi connectivity index (χ0v) is 15.3. The smallest absolute Gasteiger partial charge is 0.246 e. The first-order valence-corrected chi connectivity index (χ1v) is 9.68. The minimum absolute atomic E-state index is 0.0123. The second-order valence-corrected chi connectivity index (χ2v) is 8.13. The van der Waals surface area contributed by atoms with Crippen molar-refractivity contribution in [2.24, 2.45) is 0 Å². The van der Waals surface area contributed by atoms with Crippen LogP contribution in [-0.4, -0.2) is 37.3 Å². The summed E-state index contributed by atoms with van der Waals surface area (Å²) >= 11 is 6.06. The van der Waals surface area contributed by atoms with Crippen LogP contribution in [-0.2, 0) is 16.6 Å². The van der Waals surface area contributed by atoms with Crippen LogP contribution in [0.1, 0.15) is 18.9 Å². The number of halogens is 1. The summed E-state index contributed by atoms with van der Waals surface area (Å²) in [5, 5.41) is 0.0123. The number of likely N-dealkylation sites (N-methyl/N-ethyl adjacent to an activating group) is 1. The third-order valence-corrected chi connectivity index (χ3v) is 6.75. The molecule has 0 N–H and O–H groups in total.